The molecule has 0 N–H and O–H groups in total. The Morgan fingerprint density at radius 2 is 0.769 bits per heavy atom. The normalized spacial score (nSPS) is 11.7. The maximum absolute atomic E-state index is 13.3. The molecule has 0 fully saturated rings. The number of ether oxygens (including phenoxy) is 4. The maximum Gasteiger partial charge on any atom is 0.305 e. The zero-order valence-corrected chi connectivity index (χ0v) is 32.6. The van der Waals surface area contributed by atoms with Gasteiger partial charge in [-0.15, -0.1) is 0 Å². The largest absolute Gasteiger partial charge is 0.494 e. The van der Waals surface area contributed by atoms with Crippen LogP contribution in [-0.2, 0) is 19.1 Å². The van der Waals surface area contributed by atoms with Crippen molar-refractivity contribution in [3.8, 4) is 22.6 Å². The zero-order valence-electron chi connectivity index (χ0n) is 32.6. The average Bonchev–Trinajstić information content (AvgIpc) is 3.43. The molecule has 52 heavy (non-hydrogen) atoms. The van der Waals surface area contributed by atoms with Gasteiger partial charge in [0.15, 0.2) is 5.78 Å². The molecule has 0 saturated carbocycles. The van der Waals surface area contributed by atoms with Crippen LogP contribution >= 0.6 is 0 Å². The molecule has 0 aliphatic heterocycles. The predicted molar refractivity (Wildman–Crippen MR) is 210 cm³/mol. The summed E-state index contributed by atoms with van der Waals surface area (Å²) in [6.45, 7) is 6.73. The lowest BCUT2D eigenvalue weighted by Crippen LogP contribution is -2.05. The first-order valence-corrected chi connectivity index (χ1v) is 20.9. The van der Waals surface area contributed by atoms with Crippen molar-refractivity contribution in [3.63, 3.8) is 0 Å². The molecule has 0 radical (unpaired) electrons. The van der Waals surface area contributed by atoms with Crippen molar-refractivity contribution in [1.82, 2.24) is 0 Å². The van der Waals surface area contributed by atoms with Gasteiger partial charge in [-0.1, -0.05) is 117 Å². The van der Waals surface area contributed by atoms with E-state index in [4.69, 9.17) is 18.9 Å². The highest BCUT2D eigenvalue weighted by molar-refractivity contribution is 6.22. The molecular weight excluding hydrogens is 652 g/mol. The summed E-state index contributed by atoms with van der Waals surface area (Å²) in [5.74, 6) is 1.44. The van der Waals surface area contributed by atoms with Crippen molar-refractivity contribution in [3.05, 3.63) is 47.5 Å². The van der Waals surface area contributed by atoms with E-state index in [1.807, 2.05) is 36.4 Å². The Hall–Kier alpha value is -3.35. The third-order valence-electron chi connectivity index (χ3n) is 9.87. The van der Waals surface area contributed by atoms with Crippen molar-refractivity contribution < 1.29 is 33.3 Å². The smallest absolute Gasteiger partial charge is 0.305 e. The van der Waals surface area contributed by atoms with Gasteiger partial charge in [-0.05, 0) is 86.1 Å². The number of hydrogen-bond donors (Lipinski definition) is 0. The molecule has 7 heteroatoms. The number of ketones is 1. The third kappa shape index (κ3) is 17.4. The molecule has 7 nitrogen and oxygen atoms in total. The minimum absolute atomic E-state index is 0.0358. The molecule has 0 amide bonds. The van der Waals surface area contributed by atoms with E-state index in [1.54, 1.807) is 0 Å². The fourth-order valence-electron chi connectivity index (χ4n) is 6.68. The van der Waals surface area contributed by atoms with E-state index in [1.165, 1.54) is 51.4 Å². The first kappa shape index (κ1) is 43.1. The second-order valence-corrected chi connectivity index (χ2v) is 14.5. The Bertz CT molecular complexity index is 1210. The minimum Gasteiger partial charge on any atom is -0.494 e. The van der Waals surface area contributed by atoms with Gasteiger partial charge in [0, 0.05) is 24.0 Å². The third-order valence-corrected chi connectivity index (χ3v) is 9.87. The molecule has 0 bridgehead atoms. The zero-order chi connectivity index (χ0) is 37.1. The van der Waals surface area contributed by atoms with Crippen LogP contribution < -0.4 is 9.47 Å². The highest BCUT2D eigenvalue weighted by Crippen LogP contribution is 2.40. The van der Waals surface area contributed by atoms with Crippen LogP contribution in [0.4, 0.5) is 0 Å². The van der Waals surface area contributed by atoms with Crippen LogP contribution in [0, 0.1) is 0 Å². The lowest BCUT2D eigenvalue weighted by atomic mass is 10.1. The number of fused-ring (bicyclic) bond motifs is 3. The maximum atomic E-state index is 13.3. The van der Waals surface area contributed by atoms with Crippen molar-refractivity contribution in [2.75, 3.05) is 26.4 Å². The molecule has 3 rings (SSSR count). The Balaban J connectivity index is 1.19. The Kier molecular flexibility index (Phi) is 22.6. The molecule has 0 spiro atoms. The highest BCUT2D eigenvalue weighted by atomic mass is 16.5. The van der Waals surface area contributed by atoms with Crippen LogP contribution in [0.15, 0.2) is 36.4 Å². The van der Waals surface area contributed by atoms with Gasteiger partial charge in [-0.25, -0.2) is 0 Å². The fourth-order valence-corrected chi connectivity index (χ4v) is 6.68. The first-order valence-electron chi connectivity index (χ1n) is 20.9. The van der Waals surface area contributed by atoms with Gasteiger partial charge >= 0.3 is 11.9 Å². The summed E-state index contributed by atoms with van der Waals surface area (Å²) in [5.41, 5.74) is 3.34. The molecule has 1 aliphatic rings. The van der Waals surface area contributed by atoms with E-state index >= 15 is 0 Å². The second-order valence-electron chi connectivity index (χ2n) is 14.5. The second kappa shape index (κ2) is 27.3. The van der Waals surface area contributed by atoms with Gasteiger partial charge < -0.3 is 18.9 Å². The topological polar surface area (TPSA) is 88.1 Å². The van der Waals surface area contributed by atoms with E-state index in [0.717, 1.165) is 113 Å². The Morgan fingerprint density at radius 1 is 0.423 bits per heavy atom. The van der Waals surface area contributed by atoms with Gasteiger partial charge in [0.05, 0.1) is 26.4 Å². The number of carbonyl (C=O) groups excluding carboxylic acids is 3. The Morgan fingerprint density at radius 3 is 1.15 bits per heavy atom. The van der Waals surface area contributed by atoms with E-state index in [2.05, 4.69) is 13.8 Å². The fraction of sp³-hybridized carbons (Fsp3) is 0.667. The van der Waals surface area contributed by atoms with Crippen LogP contribution in [-0.4, -0.2) is 44.1 Å². The summed E-state index contributed by atoms with van der Waals surface area (Å²) >= 11 is 0. The molecule has 0 unspecified atom stereocenters. The van der Waals surface area contributed by atoms with E-state index in [9.17, 15) is 14.4 Å². The summed E-state index contributed by atoms with van der Waals surface area (Å²) < 4.78 is 22.6. The summed E-state index contributed by atoms with van der Waals surface area (Å²) in [5, 5.41) is 0. The average molecular weight is 721 g/mol. The van der Waals surface area contributed by atoms with Crippen LogP contribution in [0.25, 0.3) is 11.1 Å². The van der Waals surface area contributed by atoms with Gasteiger partial charge in [-0.2, -0.15) is 0 Å². The van der Waals surface area contributed by atoms with Gasteiger partial charge in [0.1, 0.15) is 11.5 Å². The SMILES string of the molecule is CCCCCOC(=O)CCCCCCCCCCOc1ccc2c(c1)C(=O)c1cc(OCCCCCCCCCCC(=O)OCCCCC)ccc1-2. The highest BCUT2D eigenvalue weighted by Gasteiger charge is 2.27. The van der Waals surface area contributed by atoms with Crippen molar-refractivity contribution >= 4 is 17.7 Å². The molecule has 1 aliphatic carbocycles. The van der Waals surface area contributed by atoms with E-state index < -0.39 is 0 Å². The van der Waals surface area contributed by atoms with Gasteiger partial charge in [0.2, 0.25) is 0 Å². The monoisotopic (exact) mass is 720 g/mol. The molecule has 0 heterocycles. The summed E-state index contributed by atoms with van der Waals surface area (Å²) in [4.78, 5) is 36.8. The molecule has 0 saturated heterocycles. The summed E-state index contributed by atoms with van der Waals surface area (Å²) in [6, 6.07) is 11.7. The van der Waals surface area contributed by atoms with Crippen molar-refractivity contribution in [2.24, 2.45) is 0 Å². The molecule has 290 valence electrons. The van der Waals surface area contributed by atoms with E-state index in [-0.39, 0.29) is 17.7 Å². The van der Waals surface area contributed by atoms with E-state index in [0.29, 0.717) is 50.4 Å². The number of unbranched alkanes of at least 4 members (excludes halogenated alkanes) is 18. The summed E-state index contributed by atoms with van der Waals surface area (Å²) in [7, 11) is 0. The van der Waals surface area contributed by atoms with Gasteiger partial charge in [-0.3, -0.25) is 14.4 Å². The number of rotatable bonds is 32. The number of benzene rings is 2. The summed E-state index contributed by atoms with van der Waals surface area (Å²) in [6.07, 6.45) is 25.4. The standard InChI is InChI=1S/C45H68O7/c1-3-5-21-33-51-43(46)25-19-15-11-7-9-13-17-23-31-49-37-27-29-39-40-30-28-38(36-42(40)45(48)41(39)35-37)50-32-24-18-14-10-8-12-16-20-26-44(47)52-34-22-6-4-2/h27-30,35-36H,3-26,31-34H2,1-2H3. The Labute approximate surface area is 314 Å². The lowest BCUT2D eigenvalue weighted by Gasteiger charge is -2.08. The van der Waals surface area contributed by atoms with Crippen LogP contribution in [0.3, 0.4) is 0 Å². The van der Waals surface area contributed by atoms with Gasteiger partial charge in [0.25, 0.3) is 0 Å². The number of esters is 2. The molecule has 2 aromatic rings. The molecular formula is C45H68O7. The predicted octanol–water partition coefficient (Wildman–Crippen LogP) is 12.1. The van der Waals surface area contributed by atoms with Crippen LogP contribution in [0.2, 0.25) is 0 Å². The lowest BCUT2D eigenvalue weighted by molar-refractivity contribution is -0.144. The van der Waals surface area contributed by atoms with Crippen LogP contribution in [0.1, 0.15) is 184 Å². The van der Waals surface area contributed by atoms with Crippen LogP contribution in [0.5, 0.6) is 11.5 Å². The van der Waals surface area contributed by atoms with Crippen molar-refractivity contribution in [2.45, 2.75) is 168 Å². The number of hydrogen-bond acceptors (Lipinski definition) is 7. The molecule has 2 aromatic carbocycles. The molecule has 0 aromatic heterocycles. The number of carbonyl (C=O) groups is 3. The first-order chi connectivity index (χ1) is 25.5. The minimum atomic E-state index is -0.0462. The molecule has 0 atom stereocenters. The quantitative estimate of drug-likeness (QED) is 0.0468. The van der Waals surface area contributed by atoms with Crippen molar-refractivity contribution in [1.29, 1.82) is 0 Å².